The highest BCUT2D eigenvalue weighted by Crippen LogP contribution is 2.36. The molecule has 1 aliphatic carbocycles. The Morgan fingerprint density at radius 1 is 1.23 bits per heavy atom. The highest BCUT2D eigenvalue weighted by molar-refractivity contribution is 5.78. The molecule has 4 rings (SSSR count). The zero-order chi connectivity index (χ0) is 24.8. The number of piperazine rings is 1. The number of nitrogens with two attached hydrogens (primary N) is 1. The van der Waals surface area contributed by atoms with Crippen molar-refractivity contribution < 1.29 is 9.53 Å². The topological polar surface area (TPSA) is 132 Å². The molecular formula is C25H34N8O2. The second kappa shape index (κ2) is 11.2. The van der Waals surface area contributed by atoms with Crippen LogP contribution in [0.2, 0.25) is 0 Å². The van der Waals surface area contributed by atoms with E-state index in [4.69, 9.17) is 10.5 Å². The van der Waals surface area contributed by atoms with Crippen molar-refractivity contribution in [1.29, 1.82) is 5.26 Å². The highest BCUT2D eigenvalue weighted by Gasteiger charge is 2.21. The lowest BCUT2D eigenvalue weighted by atomic mass is 9.95. The molecule has 2 aliphatic rings. The summed E-state index contributed by atoms with van der Waals surface area (Å²) < 4.78 is 5.38. The Morgan fingerprint density at radius 3 is 2.63 bits per heavy atom. The third kappa shape index (κ3) is 6.11. The van der Waals surface area contributed by atoms with Crippen LogP contribution >= 0.6 is 0 Å². The van der Waals surface area contributed by atoms with Crippen LogP contribution in [0.25, 0.3) is 0 Å². The van der Waals surface area contributed by atoms with Crippen LogP contribution < -0.4 is 26.0 Å². The summed E-state index contributed by atoms with van der Waals surface area (Å²) in [6, 6.07) is 6.34. The minimum Gasteiger partial charge on any atom is -0.408 e. The molecule has 35 heavy (non-hydrogen) atoms. The molecule has 1 aromatic heterocycles. The molecule has 0 spiro atoms. The lowest BCUT2D eigenvalue weighted by Crippen LogP contribution is -2.46. The van der Waals surface area contributed by atoms with Crippen LogP contribution in [0.1, 0.15) is 50.2 Å². The molecule has 0 radical (unpaired) electrons. The highest BCUT2D eigenvalue weighted by atomic mass is 16.5. The quantitative estimate of drug-likeness (QED) is 0.544. The molecule has 10 heteroatoms. The van der Waals surface area contributed by atoms with E-state index >= 15 is 0 Å². The van der Waals surface area contributed by atoms with E-state index in [1.54, 1.807) is 0 Å². The molecule has 1 aliphatic heterocycles. The van der Waals surface area contributed by atoms with Crippen LogP contribution in [0.15, 0.2) is 18.3 Å². The van der Waals surface area contributed by atoms with Crippen molar-refractivity contribution in [3.63, 3.8) is 0 Å². The van der Waals surface area contributed by atoms with E-state index < -0.39 is 6.09 Å². The van der Waals surface area contributed by atoms with Gasteiger partial charge in [0.25, 0.3) is 0 Å². The molecule has 4 N–H and O–H groups in total. The number of rotatable bonds is 7. The summed E-state index contributed by atoms with van der Waals surface area (Å²) >= 11 is 0. The number of likely N-dealkylation sites (N-methyl/N-ethyl adjacent to an activating group) is 1. The number of nitrogens with one attached hydrogen (secondary N) is 2. The number of anilines is 4. The molecule has 186 valence electrons. The molecule has 2 fully saturated rings. The maximum Gasteiger partial charge on any atom is 0.410 e. The number of hydrogen-bond acceptors (Lipinski definition) is 9. The molecule has 1 aromatic carbocycles. The number of benzene rings is 1. The third-order valence-electron chi connectivity index (χ3n) is 6.77. The van der Waals surface area contributed by atoms with E-state index in [0.29, 0.717) is 34.8 Å². The van der Waals surface area contributed by atoms with Gasteiger partial charge in [-0.2, -0.15) is 10.2 Å². The van der Waals surface area contributed by atoms with Crippen LogP contribution in [0.4, 0.5) is 27.9 Å². The van der Waals surface area contributed by atoms with Gasteiger partial charge in [0, 0.05) is 44.0 Å². The van der Waals surface area contributed by atoms with E-state index in [1.165, 1.54) is 25.5 Å². The Morgan fingerprint density at radius 2 is 1.97 bits per heavy atom. The first-order chi connectivity index (χ1) is 17.0. The van der Waals surface area contributed by atoms with E-state index in [2.05, 4.69) is 49.5 Å². The van der Waals surface area contributed by atoms with Crippen LogP contribution in [0.3, 0.4) is 0 Å². The summed E-state index contributed by atoms with van der Waals surface area (Å²) in [6.07, 6.45) is 6.31. The number of ether oxygens (including phenoxy) is 1. The van der Waals surface area contributed by atoms with E-state index in [0.717, 1.165) is 56.8 Å². The molecule has 0 bridgehead atoms. The number of carbonyl (C=O) groups is 1. The molecule has 0 unspecified atom stereocenters. The maximum absolute atomic E-state index is 11.7. The third-order valence-corrected chi connectivity index (χ3v) is 6.77. The standard InChI is InChI=1S/C25H34N8O2/c1-3-32-9-11-33(12-10-32)20-13-17(2)22(21(14-20)35-24(27)34)30-25-28-16-18(15-26)23(31-25)29-19-7-5-4-6-8-19/h13-14,16,19H,3-12H2,1-2H3,(H2,27,34)(H2,28,29,30,31). The lowest BCUT2D eigenvalue weighted by molar-refractivity contribution is 0.211. The molecule has 1 amide bonds. The SMILES string of the molecule is CCN1CCN(c2cc(C)c(Nc3ncc(C#N)c(NC4CCCCC4)n3)c(OC(N)=O)c2)CC1. The second-order valence-electron chi connectivity index (χ2n) is 9.15. The van der Waals surface area contributed by atoms with Crippen molar-refractivity contribution in [2.45, 2.75) is 52.0 Å². The zero-order valence-corrected chi connectivity index (χ0v) is 20.5. The minimum atomic E-state index is -0.888. The van der Waals surface area contributed by atoms with Gasteiger partial charge in [0.15, 0.2) is 5.75 Å². The average Bonchev–Trinajstić information content (AvgIpc) is 2.86. The van der Waals surface area contributed by atoms with Crippen molar-refractivity contribution in [3.8, 4) is 11.8 Å². The largest absolute Gasteiger partial charge is 0.410 e. The fraction of sp³-hybridized carbons (Fsp3) is 0.520. The van der Waals surface area contributed by atoms with Crippen molar-refractivity contribution in [1.82, 2.24) is 14.9 Å². The van der Waals surface area contributed by atoms with Crippen LogP contribution in [-0.4, -0.2) is 59.7 Å². The fourth-order valence-electron chi connectivity index (χ4n) is 4.78. The minimum absolute atomic E-state index is 0.293. The van der Waals surface area contributed by atoms with Crippen LogP contribution in [0.5, 0.6) is 5.75 Å². The summed E-state index contributed by atoms with van der Waals surface area (Å²) in [5.41, 5.74) is 8.18. The number of nitriles is 1. The Hall–Kier alpha value is -3.58. The first kappa shape index (κ1) is 24.5. The Bertz CT molecular complexity index is 1090. The first-order valence-electron chi connectivity index (χ1n) is 12.4. The first-order valence-corrected chi connectivity index (χ1v) is 12.4. The summed E-state index contributed by atoms with van der Waals surface area (Å²) in [5, 5.41) is 16.1. The molecule has 2 aromatic rings. The zero-order valence-electron chi connectivity index (χ0n) is 20.5. The number of nitrogens with zero attached hydrogens (tertiary/aromatic N) is 5. The van der Waals surface area contributed by atoms with Gasteiger partial charge in [-0.1, -0.05) is 26.2 Å². The molecule has 1 saturated carbocycles. The smallest absolute Gasteiger partial charge is 0.408 e. The predicted octanol–water partition coefficient (Wildman–Crippen LogP) is 3.74. The van der Waals surface area contributed by atoms with Gasteiger partial charge < -0.3 is 30.9 Å². The number of hydrogen-bond donors (Lipinski definition) is 3. The lowest BCUT2D eigenvalue weighted by Gasteiger charge is -2.36. The number of primary amides is 1. The van der Waals surface area contributed by atoms with Gasteiger partial charge >= 0.3 is 6.09 Å². The number of aryl methyl sites for hydroxylation is 1. The fourth-order valence-corrected chi connectivity index (χ4v) is 4.78. The van der Waals surface area contributed by atoms with Gasteiger partial charge in [-0.3, -0.25) is 0 Å². The van der Waals surface area contributed by atoms with Gasteiger partial charge in [-0.15, -0.1) is 0 Å². The number of aromatic nitrogens is 2. The van der Waals surface area contributed by atoms with Crippen molar-refractivity contribution in [2.24, 2.45) is 5.73 Å². The van der Waals surface area contributed by atoms with Gasteiger partial charge in [0.2, 0.25) is 5.95 Å². The molecule has 2 heterocycles. The monoisotopic (exact) mass is 478 g/mol. The van der Waals surface area contributed by atoms with E-state index in [9.17, 15) is 10.1 Å². The summed E-state index contributed by atoms with van der Waals surface area (Å²) in [6.45, 7) is 8.89. The van der Waals surface area contributed by atoms with E-state index in [1.807, 2.05) is 13.0 Å². The summed E-state index contributed by atoms with van der Waals surface area (Å²) in [5.74, 6) is 1.14. The maximum atomic E-state index is 11.7. The van der Waals surface area contributed by atoms with Crippen molar-refractivity contribution in [2.75, 3.05) is 48.3 Å². The van der Waals surface area contributed by atoms with E-state index in [-0.39, 0.29) is 0 Å². The van der Waals surface area contributed by atoms with Crippen molar-refractivity contribution in [3.05, 3.63) is 29.5 Å². The Labute approximate surface area is 206 Å². The number of carbonyl (C=O) groups excluding carboxylic acids is 1. The molecule has 10 nitrogen and oxygen atoms in total. The van der Waals surface area contributed by atoms with Gasteiger partial charge in [0.05, 0.1) is 11.9 Å². The molecular weight excluding hydrogens is 444 g/mol. The molecule has 0 atom stereocenters. The van der Waals surface area contributed by atoms with Crippen molar-refractivity contribution >= 4 is 29.2 Å². The predicted molar refractivity (Wildman–Crippen MR) is 136 cm³/mol. The second-order valence-corrected chi connectivity index (χ2v) is 9.15. The molecule has 1 saturated heterocycles. The van der Waals surface area contributed by atoms with Gasteiger partial charge in [-0.25, -0.2) is 9.78 Å². The Balaban J connectivity index is 1.59. The van der Waals surface area contributed by atoms with Crippen LogP contribution in [0, 0.1) is 18.3 Å². The summed E-state index contributed by atoms with van der Waals surface area (Å²) in [7, 11) is 0. The average molecular weight is 479 g/mol. The van der Waals surface area contributed by atoms with Gasteiger partial charge in [0.1, 0.15) is 17.5 Å². The van der Waals surface area contributed by atoms with Gasteiger partial charge in [-0.05, 0) is 37.9 Å². The number of amides is 1. The summed E-state index contributed by atoms with van der Waals surface area (Å²) in [4.78, 5) is 25.3. The van der Waals surface area contributed by atoms with Crippen LogP contribution in [-0.2, 0) is 0 Å². The Kier molecular flexibility index (Phi) is 7.87. The normalized spacial score (nSPS) is 17.0.